The Morgan fingerprint density at radius 3 is 2.43 bits per heavy atom. The largest absolute Gasteiger partial charge is 0.315 e. The van der Waals surface area contributed by atoms with Gasteiger partial charge in [-0.05, 0) is 24.6 Å². The summed E-state index contributed by atoms with van der Waals surface area (Å²) in [5, 5.41) is 12.1. The lowest BCUT2D eigenvalue weighted by molar-refractivity contribution is 0.491. The Balaban J connectivity index is 1.39. The van der Waals surface area contributed by atoms with E-state index < -0.39 is 0 Å². The first-order valence-corrected chi connectivity index (χ1v) is 9.43. The highest BCUT2D eigenvalue weighted by molar-refractivity contribution is 5.70. The van der Waals surface area contributed by atoms with Crippen LogP contribution in [0.3, 0.4) is 0 Å². The van der Waals surface area contributed by atoms with Crippen molar-refractivity contribution in [3.05, 3.63) is 61.4 Å². The molecule has 0 aliphatic carbocycles. The van der Waals surface area contributed by atoms with Crippen molar-refractivity contribution < 1.29 is 0 Å². The summed E-state index contributed by atoms with van der Waals surface area (Å²) in [6, 6.07) is 8.65. The predicted octanol–water partition coefficient (Wildman–Crippen LogP) is 2.94. The third-order valence-corrected chi connectivity index (χ3v) is 5.15. The fourth-order valence-corrected chi connectivity index (χ4v) is 3.59. The molecule has 1 aliphatic rings. The van der Waals surface area contributed by atoms with Crippen LogP contribution in [-0.2, 0) is 7.05 Å². The Morgan fingerprint density at radius 1 is 0.893 bits per heavy atom. The van der Waals surface area contributed by atoms with Gasteiger partial charge in [-0.3, -0.25) is 9.36 Å². The topological polar surface area (TPSA) is 73.5 Å². The van der Waals surface area contributed by atoms with E-state index in [4.69, 9.17) is 0 Å². The van der Waals surface area contributed by atoms with Gasteiger partial charge in [0, 0.05) is 60.6 Å². The van der Waals surface area contributed by atoms with Crippen LogP contribution in [0.4, 0.5) is 0 Å². The van der Waals surface area contributed by atoms with E-state index >= 15 is 0 Å². The lowest BCUT2D eigenvalue weighted by Gasteiger charge is -2.07. The zero-order valence-corrected chi connectivity index (χ0v) is 15.7. The Bertz CT molecular complexity index is 1090. The molecule has 0 spiro atoms. The summed E-state index contributed by atoms with van der Waals surface area (Å²) in [5.41, 5.74) is 5.19. The van der Waals surface area contributed by atoms with E-state index in [1.54, 1.807) is 4.68 Å². The Morgan fingerprint density at radius 2 is 1.68 bits per heavy atom. The van der Waals surface area contributed by atoms with Crippen LogP contribution in [0, 0.1) is 0 Å². The van der Waals surface area contributed by atoms with E-state index in [-0.39, 0.29) is 0 Å². The number of nitrogens with one attached hydrogen (secondary N) is 1. The molecule has 1 aromatic carbocycles. The zero-order valence-electron chi connectivity index (χ0n) is 15.7. The van der Waals surface area contributed by atoms with Gasteiger partial charge in [-0.2, -0.15) is 10.2 Å². The lowest BCUT2D eigenvalue weighted by atomic mass is 10.1. The minimum atomic E-state index is 0.434. The van der Waals surface area contributed by atoms with Crippen LogP contribution >= 0.6 is 0 Å². The van der Waals surface area contributed by atoms with Crippen molar-refractivity contribution in [1.82, 2.24) is 34.8 Å². The molecule has 28 heavy (non-hydrogen) atoms. The fraction of sp³-hybridized carbons (Fsp3) is 0.238. The molecule has 140 valence electrons. The highest BCUT2D eigenvalue weighted by Crippen LogP contribution is 2.26. The smallest absolute Gasteiger partial charge is 0.159 e. The Kier molecular flexibility index (Phi) is 4.21. The van der Waals surface area contributed by atoms with Gasteiger partial charge in [-0.1, -0.05) is 18.2 Å². The summed E-state index contributed by atoms with van der Waals surface area (Å²) >= 11 is 0. The Hall–Kier alpha value is -3.32. The normalized spacial score (nSPS) is 16.5. The summed E-state index contributed by atoms with van der Waals surface area (Å²) in [4.78, 5) is 9.18. The van der Waals surface area contributed by atoms with Crippen LogP contribution in [0.25, 0.3) is 33.6 Å². The second-order valence-electron chi connectivity index (χ2n) is 7.13. The SMILES string of the molecule is Cn1cc(-c2cccc(-c3ncc(-c4cnn(C5CCNC5)c4)cn3)c2)cn1. The highest BCUT2D eigenvalue weighted by atomic mass is 15.3. The average molecular weight is 371 g/mol. The van der Waals surface area contributed by atoms with Gasteiger partial charge in [-0.25, -0.2) is 9.97 Å². The summed E-state index contributed by atoms with van der Waals surface area (Å²) in [6.45, 7) is 2.03. The van der Waals surface area contributed by atoms with Crippen LogP contribution in [0.1, 0.15) is 12.5 Å². The molecule has 3 aromatic heterocycles. The van der Waals surface area contributed by atoms with Gasteiger partial charge in [0.05, 0.1) is 18.4 Å². The van der Waals surface area contributed by atoms with Gasteiger partial charge in [0.25, 0.3) is 0 Å². The molecule has 7 heteroatoms. The molecule has 5 rings (SSSR count). The Labute approximate surface area is 163 Å². The van der Waals surface area contributed by atoms with E-state index in [9.17, 15) is 0 Å². The third kappa shape index (κ3) is 3.20. The molecule has 0 amide bonds. The molecule has 0 radical (unpaired) electrons. The van der Waals surface area contributed by atoms with E-state index in [1.165, 1.54) is 0 Å². The lowest BCUT2D eigenvalue weighted by Crippen LogP contribution is -2.13. The van der Waals surface area contributed by atoms with Gasteiger partial charge in [-0.15, -0.1) is 0 Å². The van der Waals surface area contributed by atoms with Crippen LogP contribution in [0.2, 0.25) is 0 Å². The average Bonchev–Trinajstić information content (AvgIpc) is 3.49. The number of hydrogen-bond donors (Lipinski definition) is 1. The van der Waals surface area contributed by atoms with E-state index in [1.807, 2.05) is 54.8 Å². The molecular weight excluding hydrogens is 350 g/mol. The second kappa shape index (κ2) is 7.01. The number of aryl methyl sites for hydroxylation is 1. The van der Waals surface area contributed by atoms with Crippen LogP contribution in [0.15, 0.2) is 61.4 Å². The summed E-state index contributed by atoms with van der Waals surface area (Å²) < 4.78 is 3.84. The molecule has 1 saturated heterocycles. The first-order chi connectivity index (χ1) is 13.8. The maximum Gasteiger partial charge on any atom is 0.159 e. The molecule has 4 aromatic rings. The van der Waals surface area contributed by atoms with Gasteiger partial charge in [0.2, 0.25) is 0 Å². The van der Waals surface area contributed by atoms with Crippen molar-refractivity contribution in [3.8, 4) is 33.6 Å². The zero-order chi connectivity index (χ0) is 18.9. The fourth-order valence-electron chi connectivity index (χ4n) is 3.59. The van der Waals surface area contributed by atoms with E-state index in [0.717, 1.165) is 47.3 Å². The molecule has 1 unspecified atom stereocenters. The molecule has 0 bridgehead atoms. The highest BCUT2D eigenvalue weighted by Gasteiger charge is 2.17. The van der Waals surface area contributed by atoms with Gasteiger partial charge in [0.15, 0.2) is 5.82 Å². The first-order valence-electron chi connectivity index (χ1n) is 9.43. The van der Waals surface area contributed by atoms with Crippen molar-refractivity contribution >= 4 is 0 Å². The summed E-state index contributed by atoms with van der Waals surface area (Å²) in [6.07, 6.45) is 12.7. The van der Waals surface area contributed by atoms with Crippen molar-refractivity contribution in [2.75, 3.05) is 13.1 Å². The molecule has 4 heterocycles. The monoisotopic (exact) mass is 371 g/mol. The van der Waals surface area contributed by atoms with Gasteiger partial charge >= 0.3 is 0 Å². The molecule has 1 fully saturated rings. The maximum absolute atomic E-state index is 4.59. The standard InChI is InChI=1S/C21H21N7/c1-27-13-18(10-25-27)15-3-2-4-16(7-15)21-23-8-17(9-24-21)19-11-26-28(14-19)20-5-6-22-12-20/h2-4,7-11,13-14,20,22H,5-6,12H2,1H3. The molecular formula is C21H21N7. The number of nitrogens with zero attached hydrogens (tertiary/aromatic N) is 6. The van der Waals surface area contributed by atoms with Crippen LogP contribution in [0.5, 0.6) is 0 Å². The molecule has 0 saturated carbocycles. The molecule has 1 aliphatic heterocycles. The predicted molar refractivity (Wildman–Crippen MR) is 107 cm³/mol. The van der Waals surface area contributed by atoms with Crippen LogP contribution < -0.4 is 5.32 Å². The van der Waals surface area contributed by atoms with Crippen molar-refractivity contribution in [2.24, 2.45) is 7.05 Å². The number of aromatic nitrogens is 6. The first kappa shape index (κ1) is 16.8. The van der Waals surface area contributed by atoms with E-state index in [0.29, 0.717) is 11.9 Å². The van der Waals surface area contributed by atoms with Crippen LogP contribution in [-0.4, -0.2) is 42.6 Å². The minimum absolute atomic E-state index is 0.434. The number of rotatable bonds is 4. The third-order valence-electron chi connectivity index (χ3n) is 5.15. The summed E-state index contributed by atoms with van der Waals surface area (Å²) in [5.74, 6) is 0.710. The number of hydrogen-bond acceptors (Lipinski definition) is 5. The molecule has 1 N–H and O–H groups in total. The number of benzene rings is 1. The van der Waals surface area contributed by atoms with Gasteiger partial charge in [0.1, 0.15) is 0 Å². The molecule has 7 nitrogen and oxygen atoms in total. The molecule has 1 atom stereocenters. The van der Waals surface area contributed by atoms with Gasteiger partial charge < -0.3 is 5.32 Å². The van der Waals surface area contributed by atoms with Crippen molar-refractivity contribution in [2.45, 2.75) is 12.5 Å². The second-order valence-corrected chi connectivity index (χ2v) is 7.13. The quantitative estimate of drug-likeness (QED) is 0.597. The maximum atomic E-state index is 4.59. The minimum Gasteiger partial charge on any atom is -0.315 e. The van der Waals surface area contributed by atoms with E-state index in [2.05, 4.69) is 43.8 Å². The van der Waals surface area contributed by atoms with Crippen molar-refractivity contribution in [3.63, 3.8) is 0 Å². The summed E-state index contributed by atoms with van der Waals surface area (Å²) in [7, 11) is 1.92. The van der Waals surface area contributed by atoms with Crippen molar-refractivity contribution in [1.29, 1.82) is 0 Å².